The molecule has 0 aliphatic rings. The molecule has 2 aromatic heterocycles. The lowest BCUT2D eigenvalue weighted by atomic mass is 10.2. The average molecular weight is 256 g/mol. The zero-order valence-corrected chi connectivity index (χ0v) is 9.36. The number of rotatable bonds is 2. The van der Waals surface area contributed by atoms with Crippen LogP contribution in [-0.2, 0) is 0 Å². The van der Waals surface area contributed by atoms with E-state index < -0.39 is 5.82 Å². The van der Waals surface area contributed by atoms with E-state index in [-0.39, 0.29) is 17.2 Å². The Morgan fingerprint density at radius 1 is 1.26 bits per heavy atom. The molecule has 3 rings (SSSR count). The molecule has 92 valence electrons. The number of nitriles is 1. The van der Waals surface area contributed by atoms with Crippen molar-refractivity contribution < 1.29 is 9.13 Å². The smallest absolute Gasteiger partial charge is 0.239 e. The highest BCUT2D eigenvalue weighted by Crippen LogP contribution is 2.23. The van der Waals surface area contributed by atoms with E-state index >= 15 is 0 Å². The van der Waals surface area contributed by atoms with E-state index in [0.29, 0.717) is 5.65 Å². The molecule has 2 heterocycles. The van der Waals surface area contributed by atoms with Crippen molar-refractivity contribution in [2.24, 2.45) is 0 Å². The number of aromatic nitrogens is 5. The largest absolute Gasteiger partial charge is 0.434 e. The predicted octanol–water partition coefficient (Wildman–Crippen LogP) is 1.32. The molecule has 0 atom stereocenters. The summed E-state index contributed by atoms with van der Waals surface area (Å²) >= 11 is 0. The van der Waals surface area contributed by atoms with E-state index in [1.54, 1.807) is 6.07 Å². The normalized spacial score (nSPS) is 10.3. The Labute approximate surface area is 105 Å². The Hall–Kier alpha value is -3.08. The molecule has 0 aliphatic carbocycles. The highest BCUT2D eigenvalue weighted by atomic mass is 19.1. The van der Waals surface area contributed by atoms with Crippen LogP contribution in [0.15, 0.2) is 30.3 Å². The molecular weight excluding hydrogens is 251 g/mol. The van der Waals surface area contributed by atoms with Crippen molar-refractivity contribution >= 4 is 5.65 Å². The van der Waals surface area contributed by atoms with Crippen LogP contribution in [0.3, 0.4) is 0 Å². The molecule has 0 bridgehead atoms. The van der Waals surface area contributed by atoms with Crippen molar-refractivity contribution in [1.29, 1.82) is 5.26 Å². The van der Waals surface area contributed by atoms with Crippen molar-refractivity contribution in [3.8, 4) is 17.7 Å². The van der Waals surface area contributed by atoms with E-state index in [1.807, 2.05) is 6.07 Å². The minimum atomic E-state index is -0.641. The summed E-state index contributed by atoms with van der Waals surface area (Å²) in [6.45, 7) is 0. The van der Waals surface area contributed by atoms with Crippen molar-refractivity contribution in [1.82, 2.24) is 25.3 Å². The van der Waals surface area contributed by atoms with Gasteiger partial charge in [-0.2, -0.15) is 5.26 Å². The minimum absolute atomic E-state index is 0.0288. The summed E-state index contributed by atoms with van der Waals surface area (Å²) in [6, 6.07) is 8.84. The lowest BCUT2D eigenvalue weighted by Crippen LogP contribution is -1.98. The third-order valence-corrected chi connectivity index (χ3v) is 2.32. The van der Waals surface area contributed by atoms with Crippen LogP contribution in [0.4, 0.5) is 4.39 Å². The van der Waals surface area contributed by atoms with Gasteiger partial charge in [0.15, 0.2) is 17.2 Å². The zero-order chi connectivity index (χ0) is 13.2. The van der Waals surface area contributed by atoms with Crippen molar-refractivity contribution in [2.75, 3.05) is 0 Å². The summed E-state index contributed by atoms with van der Waals surface area (Å²) in [4.78, 5) is 0. The highest BCUT2D eigenvalue weighted by Gasteiger charge is 2.08. The van der Waals surface area contributed by atoms with E-state index in [9.17, 15) is 4.39 Å². The Bertz CT molecular complexity index is 793. The standard InChI is InChI=1S/C11H5FN6O/c12-8-5-7(6-13)1-2-9(8)19-11-4-3-10-14-16-17-18(10)15-11/h1-5H. The number of halogens is 1. The van der Waals surface area contributed by atoms with Gasteiger partial charge < -0.3 is 4.74 Å². The van der Waals surface area contributed by atoms with E-state index in [1.165, 1.54) is 18.2 Å². The van der Waals surface area contributed by atoms with Crippen LogP contribution in [0.5, 0.6) is 11.6 Å². The maximum absolute atomic E-state index is 13.6. The van der Waals surface area contributed by atoms with Crippen LogP contribution in [0.25, 0.3) is 5.65 Å². The van der Waals surface area contributed by atoms with Crippen LogP contribution in [0.2, 0.25) is 0 Å². The second kappa shape index (κ2) is 4.30. The molecule has 19 heavy (non-hydrogen) atoms. The van der Waals surface area contributed by atoms with E-state index in [4.69, 9.17) is 10.00 Å². The molecule has 0 N–H and O–H groups in total. The van der Waals surface area contributed by atoms with Gasteiger partial charge in [0.2, 0.25) is 5.88 Å². The fraction of sp³-hybridized carbons (Fsp3) is 0. The maximum atomic E-state index is 13.6. The van der Waals surface area contributed by atoms with Gasteiger partial charge in [0.25, 0.3) is 0 Å². The van der Waals surface area contributed by atoms with Crippen LogP contribution in [-0.4, -0.2) is 25.3 Å². The summed E-state index contributed by atoms with van der Waals surface area (Å²) in [7, 11) is 0. The third-order valence-electron chi connectivity index (χ3n) is 2.32. The number of hydrogen-bond donors (Lipinski definition) is 0. The van der Waals surface area contributed by atoms with Gasteiger partial charge in [0.1, 0.15) is 0 Å². The number of tetrazole rings is 1. The third kappa shape index (κ3) is 2.04. The molecule has 0 radical (unpaired) electrons. The van der Waals surface area contributed by atoms with E-state index in [2.05, 4.69) is 20.6 Å². The molecule has 0 unspecified atom stereocenters. The number of hydrogen-bond acceptors (Lipinski definition) is 6. The van der Waals surface area contributed by atoms with E-state index in [0.717, 1.165) is 10.7 Å². The van der Waals surface area contributed by atoms with Gasteiger partial charge in [0.05, 0.1) is 11.6 Å². The Balaban J connectivity index is 1.94. The summed E-state index contributed by atoms with van der Waals surface area (Å²) in [6.07, 6.45) is 0. The molecule has 0 amide bonds. The molecule has 7 nitrogen and oxygen atoms in total. The minimum Gasteiger partial charge on any atom is -0.434 e. The predicted molar refractivity (Wildman–Crippen MR) is 59.8 cm³/mol. The second-order valence-corrected chi connectivity index (χ2v) is 3.56. The lowest BCUT2D eigenvalue weighted by Gasteiger charge is -2.05. The van der Waals surface area contributed by atoms with Crippen LogP contribution in [0.1, 0.15) is 5.56 Å². The summed E-state index contributed by atoms with van der Waals surface area (Å²) in [5, 5.41) is 23.3. The molecule has 0 saturated carbocycles. The Kier molecular flexibility index (Phi) is 2.50. The molecule has 0 fully saturated rings. The van der Waals surface area contributed by atoms with Gasteiger partial charge in [-0.05, 0) is 34.7 Å². The molecule has 3 aromatic rings. The lowest BCUT2D eigenvalue weighted by molar-refractivity contribution is 0.416. The average Bonchev–Trinajstić information content (AvgIpc) is 2.88. The first-order valence-electron chi connectivity index (χ1n) is 5.19. The maximum Gasteiger partial charge on any atom is 0.239 e. The van der Waals surface area contributed by atoms with Gasteiger partial charge in [-0.15, -0.1) is 14.8 Å². The number of ether oxygens (including phenoxy) is 1. The summed E-state index contributed by atoms with van der Waals surface area (Å²) in [5.41, 5.74) is 0.668. The molecule has 1 aromatic carbocycles. The zero-order valence-electron chi connectivity index (χ0n) is 9.36. The summed E-state index contributed by atoms with van der Waals surface area (Å²) < 4.78 is 20.1. The molecule has 0 saturated heterocycles. The Morgan fingerprint density at radius 2 is 2.16 bits per heavy atom. The monoisotopic (exact) mass is 256 g/mol. The molecular formula is C11H5FN6O. The van der Waals surface area contributed by atoms with Gasteiger partial charge in [-0.3, -0.25) is 0 Å². The second-order valence-electron chi connectivity index (χ2n) is 3.56. The van der Waals surface area contributed by atoms with Gasteiger partial charge in [-0.1, -0.05) is 0 Å². The first-order valence-corrected chi connectivity index (χ1v) is 5.19. The van der Waals surface area contributed by atoms with Crippen molar-refractivity contribution in [3.63, 3.8) is 0 Å². The quantitative estimate of drug-likeness (QED) is 0.687. The molecule has 0 spiro atoms. The summed E-state index contributed by atoms with van der Waals surface area (Å²) in [5.74, 6) is -0.528. The van der Waals surface area contributed by atoms with Gasteiger partial charge in [0, 0.05) is 6.07 Å². The highest BCUT2D eigenvalue weighted by molar-refractivity contribution is 5.39. The SMILES string of the molecule is N#Cc1ccc(Oc2ccc3nnnn3n2)c(F)c1. The van der Waals surface area contributed by atoms with Gasteiger partial charge in [-0.25, -0.2) is 4.39 Å². The number of nitrogens with zero attached hydrogens (tertiary/aromatic N) is 6. The van der Waals surface area contributed by atoms with Crippen LogP contribution < -0.4 is 4.74 Å². The fourth-order valence-corrected chi connectivity index (χ4v) is 1.45. The van der Waals surface area contributed by atoms with Crippen molar-refractivity contribution in [3.05, 3.63) is 41.7 Å². The van der Waals surface area contributed by atoms with Crippen molar-refractivity contribution in [2.45, 2.75) is 0 Å². The van der Waals surface area contributed by atoms with Crippen LogP contribution >= 0.6 is 0 Å². The first kappa shape index (κ1) is 11.0. The first-order chi connectivity index (χ1) is 9.26. The molecule has 0 aliphatic heterocycles. The fourth-order valence-electron chi connectivity index (χ4n) is 1.45. The Morgan fingerprint density at radius 3 is 2.95 bits per heavy atom. The number of benzene rings is 1. The van der Waals surface area contributed by atoms with Gasteiger partial charge >= 0.3 is 0 Å². The van der Waals surface area contributed by atoms with Crippen LogP contribution in [0, 0.1) is 17.1 Å². The number of fused-ring (bicyclic) bond motifs is 1. The topological polar surface area (TPSA) is 89.0 Å². The molecule has 8 heteroatoms.